The Balaban J connectivity index is 2.11. The molecule has 0 fully saturated rings. The molecular weight excluding hydrogens is 280 g/mol. The first-order valence-electron chi connectivity index (χ1n) is 7.49. The number of oxazole rings is 1. The zero-order valence-electron chi connectivity index (χ0n) is 14.1. The first-order chi connectivity index (χ1) is 10.2. The maximum atomic E-state index is 12.5. The van der Waals surface area contributed by atoms with Crippen LogP contribution in [0.3, 0.4) is 0 Å². The van der Waals surface area contributed by atoms with Gasteiger partial charge >= 0.3 is 0 Å². The average Bonchev–Trinajstić information content (AvgIpc) is 3.04. The van der Waals surface area contributed by atoms with E-state index in [0.717, 1.165) is 11.4 Å². The van der Waals surface area contributed by atoms with Crippen molar-refractivity contribution in [2.75, 3.05) is 7.05 Å². The van der Waals surface area contributed by atoms with Gasteiger partial charge in [-0.05, 0) is 13.0 Å². The maximum Gasteiger partial charge on any atom is 0.291 e. The van der Waals surface area contributed by atoms with E-state index in [2.05, 4.69) is 36.0 Å². The number of nitrogens with zero attached hydrogens (tertiary/aromatic N) is 3. The Morgan fingerprint density at radius 2 is 2.09 bits per heavy atom. The number of carbonyl (C=O) groups excluding carboxylic acids is 1. The van der Waals surface area contributed by atoms with Gasteiger partial charge in [-0.25, -0.2) is 4.98 Å². The fourth-order valence-electron chi connectivity index (χ4n) is 2.13. The molecule has 2 aromatic rings. The Labute approximate surface area is 130 Å². The number of hydrogen-bond donors (Lipinski definition) is 1. The molecule has 1 amide bonds. The number of aryl methyl sites for hydroxylation is 2. The van der Waals surface area contributed by atoms with E-state index in [-0.39, 0.29) is 11.3 Å². The van der Waals surface area contributed by atoms with Crippen molar-refractivity contribution in [3.05, 3.63) is 34.8 Å². The fourth-order valence-corrected chi connectivity index (χ4v) is 2.13. The lowest BCUT2D eigenvalue weighted by atomic mass is 9.92. The van der Waals surface area contributed by atoms with E-state index in [1.54, 1.807) is 18.9 Å². The summed E-state index contributed by atoms with van der Waals surface area (Å²) in [6.07, 6.45) is 0.674. The molecule has 0 saturated carbocycles. The average molecular weight is 304 g/mol. The van der Waals surface area contributed by atoms with E-state index < -0.39 is 0 Å². The van der Waals surface area contributed by atoms with Crippen LogP contribution in [-0.2, 0) is 18.4 Å². The molecule has 0 atom stereocenters. The molecule has 0 aliphatic rings. The Morgan fingerprint density at radius 3 is 2.59 bits per heavy atom. The fraction of sp³-hybridized carbons (Fsp3) is 0.562. The molecule has 1 N–H and O–H groups in total. The number of H-pyrrole nitrogens is 1. The van der Waals surface area contributed by atoms with Crippen LogP contribution in [-0.4, -0.2) is 33.0 Å². The first kappa shape index (κ1) is 16.3. The molecule has 6 nitrogen and oxygen atoms in total. The SMILES string of the molecule is CCc1nc(C)c(C(=O)N(C)Cc2cc(C(C)(C)C)n[nH]2)o1. The van der Waals surface area contributed by atoms with Crippen LogP contribution in [0.1, 0.15) is 61.2 Å². The molecular formula is C16H24N4O2. The van der Waals surface area contributed by atoms with Crippen LogP contribution in [0.4, 0.5) is 0 Å². The highest BCUT2D eigenvalue weighted by molar-refractivity contribution is 5.92. The second kappa shape index (κ2) is 5.94. The smallest absolute Gasteiger partial charge is 0.291 e. The van der Waals surface area contributed by atoms with Gasteiger partial charge in [-0.15, -0.1) is 0 Å². The lowest BCUT2D eigenvalue weighted by Gasteiger charge is -2.15. The van der Waals surface area contributed by atoms with Crippen molar-refractivity contribution >= 4 is 5.91 Å². The van der Waals surface area contributed by atoms with Gasteiger partial charge < -0.3 is 9.32 Å². The minimum atomic E-state index is -0.170. The summed E-state index contributed by atoms with van der Waals surface area (Å²) in [6.45, 7) is 10.5. The van der Waals surface area contributed by atoms with Gasteiger partial charge in [0.25, 0.3) is 5.91 Å². The van der Waals surface area contributed by atoms with Crippen LogP contribution in [0.5, 0.6) is 0 Å². The molecule has 2 heterocycles. The van der Waals surface area contributed by atoms with Gasteiger partial charge in [-0.1, -0.05) is 27.7 Å². The van der Waals surface area contributed by atoms with E-state index in [4.69, 9.17) is 4.42 Å². The second-order valence-corrected chi connectivity index (χ2v) is 6.57. The van der Waals surface area contributed by atoms with Crippen LogP contribution in [0.25, 0.3) is 0 Å². The van der Waals surface area contributed by atoms with Gasteiger partial charge in [0.15, 0.2) is 5.89 Å². The van der Waals surface area contributed by atoms with Crippen molar-refractivity contribution in [3.8, 4) is 0 Å². The third-order valence-corrected chi connectivity index (χ3v) is 3.49. The normalized spacial score (nSPS) is 11.7. The lowest BCUT2D eigenvalue weighted by Crippen LogP contribution is -2.26. The summed E-state index contributed by atoms with van der Waals surface area (Å²) in [5.41, 5.74) is 2.49. The Hall–Kier alpha value is -2.11. The Bertz CT molecular complexity index is 664. The van der Waals surface area contributed by atoms with Crippen molar-refractivity contribution in [1.29, 1.82) is 0 Å². The highest BCUT2D eigenvalue weighted by Gasteiger charge is 2.22. The molecule has 0 saturated heterocycles. The molecule has 0 radical (unpaired) electrons. The van der Waals surface area contributed by atoms with Gasteiger partial charge in [0.1, 0.15) is 0 Å². The molecule has 0 aliphatic carbocycles. The second-order valence-electron chi connectivity index (χ2n) is 6.57. The topological polar surface area (TPSA) is 75.0 Å². The predicted octanol–water partition coefficient (Wildman–Crippen LogP) is 2.84. The van der Waals surface area contributed by atoms with E-state index >= 15 is 0 Å². The van der Waals surface area contributed by atoms with E-state index in [9.17, 15) is 4.79 Å². The number of amides is 1. The van der Waals surface area contributed by atoms with Crippen LogP contribution in [0.2, 0.25) is 0 Å². The van der Waals surface area contributed by atoms with E-state index in [1.165, 1.54) is 0 Å². The largest absolute Gasteiger partial charge is 0.435 e. The molecule has 0 bridgehead atoms. The van der Waals surface area contributed by atoms with Gasteiger partial charge in [0.2, 0.25) is 5.76 Å². The van der Waals surface area contributed by atoms with Gasteiger partial charge in [-0.3, -0.25) is 9.89 Å². The molecule has 0 aliphatic heterocycles. The number of aromatic nitrogens is 3. The molecule has 0 unspecified atom stereocenters. The summed E-state index contributed by atoms with van der Waals surface area (Å²) in [5, 5.41) is 7.30. The predicted molar refractivity (Wildman–Crippen MR) is 83.7 cm³/mol. The Kier molecular flexibility index (Phi) is 4.39. The van der Waals surface area contributed by atoms with Crippen molar-refractivity contribution < 1.29 is 9.21 Å². The number of carbonyl (C=O) groups is 1. The molecule has 6 heteroatoms. The minimum Gasteiger partial charge on any atom is -0.435 e. The lowest BCUT2D eigenvalue weighted by molar-refractivity contribution is 0.0749. The summed E-state index contributed by atoms with van der Waals surface area (Å²) in [6, 6.07) is 1.99. The summed E-state index contributed by atoms with van der Waals surface area (Å²) < 4.78 is 5.52. The molecule has 2 aromatic heterocycles. The highest BCUT2D eigenvalue weighted by atomic mass is 16.4. The number of rotatable bonds is 4. The highest BCUT2D eigenvalue weighted by Crippen LogP contribution is 2.21. The van der Waals surface area contributed by atoms with Crippen molar-refractivity contribution in [2.45, 2.75) is 53.0 Å². The number of hydrogen-bond acceptors (Lipinski definition) is 4. The van der Waals surface area contributed by atoms with Gasteiger partial charge in [0, 0.05) is 18.9 Å². The minimum absolute atomic E-state index is 0.0190. The van der Waals surface area contributed by atoms with E-state index in [1.807, 2.05) is 13.0 Å². The molecule has 2 rings (SSSR count). The first-order valence-corrected chi connectivity index (χ1v) is 7.49. The molecule has 0 aromatic carbocycles. The molecule has 120 valence electrons. The van der Waals surface area contributed by atoms with Crippen molar-refractivity contribution in [2.24, 2.45) is 0 Å². The zero-order chi connectivity index (χ0) is 16.5. The standard InChI is InChI=1S/C16H24N4O2/c1-7-13-17-10(2)14(22-13)15(21)20(6)9-11-8-12(19-18-11)16(3,4)5/h8H,7,9H2,1-6H3,(H,18,19). The van der Waals surface area contributed by atoms with Crippen molar-refractivity contribution in [3.63, 3.8) is 0 Å². The summed E-state index contributed by atoms with van der Waals surface area (Å²) in [7, 11) is 1.74. The van der Waals surface area contributed by atoms with Crippen molar-refractivity contribution in [1.82, 2.24) is 20.1 Å². The zero-order valence-corrected chi connectivity index (χ0v) is 14.1. The summed E-state index contributed by atoms with van der Waals surface area (Å²) in [5.74, 6) is 0.734. The van der Waals surface area contributed by atoms with Gasteiger partial charge in [-0.2, -0.15) is 5.10 Å². The monoisotopic (exact) mass is 304 g/mol. The number of nitrogens with one attached hydrogen (secondary N) is 1. The Morgan fingerprint density at radius 1 is 1.41 bits per heavy atom. The molecule has 0 spiro atoms. The molecule has 22 heavy (non-hydrogen) atoms. The third kappa shape index (κ3) is 3.37. The summed E-state index contributed by atoms with van der Waals surface area (Å²) >= 11 is 0. The third-order valence-electron chi connectivity index (χ3n) is 3.49. The number of aromatic amines is 1. The van der Waals surface area contributed by atoms with Crippen LogP contribution in [0, 0.1) is 6.92 Å². The van der Waals surface area contributed by atoms with E-state index in [0.29, 0.717) is 30.3 Å². The summed E-state index contributed by atoms with van der Waals surface area (Å²) in [4.78, 5) is 18.3. The van der Waals surface area contributed by atoms with Crippen LogP contribution in [0.15, 0.2) is 10.5 Å². The van der Waals surface area contributed by atoms with Crippen LogP contribution >= 0.6 is 0 Å². The van der Waals surface area contributed by atoms with Gasteiger partial charge in [0.05, 0.1) is 23.6 Å². The van der Waals surface area contributed by atoms with Crippen LogP contribution < -0.4 is 0 Å². The maximum absolute atomic E-state index is 12.5. The quantitative estimate of drug-likeness (QED) is 0.942.